The van der Waals surface area contributed by atoms with Crippen LogP contribution < -0.4 is 0 Å². The molecule has 0 saturated heterocycles. The fourth-order valence-corrected chi connectivity index (χ4v) is 9.44. The van der Waals surface area contributed by atoms with Gasteiger partial charge in [-0.15, -0.1) is 0 Å². The van der Waals surface area contributed by atoms with Crippen molar-refractivity contribution in [3.05, 3.63) is 242 Å². The second-order valence-corrected chi connectivity index (χ2v) is 17.0. The molecule has 298 valence electrons. The standard InChI is InChI=1S/C61H44N2/c1-61(2)55-26-16-15-25-51(55)54-37-49(35-36-56(54)61)53-39-50(42-19-9-4-10-20-42)38-52(59(53)47-21-11-5-12-22-47)44-29-33-46(34-30-44)58-40-57(62-60(63-58)48-23-13-6-14-24-48)45-31-27-43(28-32-45)41-17-7-3-8-18-41/h3-40H,1-2H3. The van der Waals surface area contributed by atoms with Crippen molar-refractivity contribution in [2.24, 2.45) is 0 Å². The van der Waals surface area contributed by atoms with E-state index in [-0.39, 0.29) is 5.41 Å². The first-order chi connectivity index (χ1) is 31.0. The first-order valence-electron chi connectivity index (χ1n) is 21.7. The van der Waals surface area contributed by atoms with Gasteiger partial charge in [0.1, 0.15) is 0 Å². The van der Waals surface area contributed by atoms with E-state index in [0.717, 1.165) is 33.6 Å². The van der Waals surface area contributed by atoms with E-state index in [2.05, 4.69) is 220 Å². The second kappa shape index (κ2) is 15.8. The largest absolute Gasteiger partial charge is 0.228 e. The van der Waals surface area contributed by atoms with E-state index >= 15 is 0 Å². The summed E-state index contributed by atoms with van der Waals surface area (Å²) in [5.74, 6) is 0.700. The van der Waals surface area contributed by atoms with Gasteiger partial charge in [0.25, 0.3) is 0 Å². The molecule has 10 aromatic rings. The summed E-state index contributed by atoms with van der Waals surface area (Å²) >= 11 is 0. The van der Waals surface area contributed by atoms with E-state index in [4.69, 9.17) is 9.97 Å². The number of hydrogen-bond acceptors (Lipinski definition) is 2. The van der Waals surface area contributed by atoms with Crippen molar-refractivity contribution in [3.63, 3.8) is 0 Å². The Morgan fingerprint density at radius 2 is 0.667 bits per heavy atom. The van der Waals surface area contributed by atoms with E-state index in [9.17, 15) is 0 Å². The van der Waals surface area contributed by atoms with Gasteiger partial charge in [-0.3, -0.25) is 0 Å². The molecule has 0 unspecified atom stereocenters. The van der Waals surface area contributed by atoms with Crippen LogP contribution in [0.4, 0.5) is 0 Å². The van der Waals surface area contributed by atoms with Gasteiger partial charge in [0.05, 0.1) is 11.4 Å². The summed E-state index contributed by atoms with van der Waals surface area (Å²) < 4.78 is 0. The molecule has 11 rings (SSSR count). The van der Waals surface area contributed by atoms with Crippen LogP contribution in [0.3, 0.4) is 0 Å². The van der Waals surface area contributed by atoms with Crippen LogP contribution >= 0.6 is 0 Å². The Morgan fingerprint density at radius 3 is 1.25 bits per heavy atom. The second-order valence-electron chi connectivity index (χ2n) is 17.0. The van der Waals surface area contributed by atoms with Gasteiger partial charge in [0, 0.05) is 22.1 Å². The van der Waals surface area contributed by atoms with Gasteiger partial charge in [-0.05, 0) is 102 Å². The highest BCUT2D eigenvalue weighted by atomic mass is 14.9. The molecule has 1 heterocycles. The molecular formula is C61H44N2. The average molecular weight is 805 g/mol. The predicted octanol–water partition coefficient (Wildman–Crippen LogP) is 16.1. The zero-order valence-corrected chi connectivity index (χ0v) is 35.3. The molecule has 9 aromatic carbocycles. The predicted molar refractivity (Wildman–Crippen MR) is 263 cm³/mol. The molecular weight excluding hydrogens is 761 g/mol. The molecule has 0 N–H and O–H groups in total. The van der Waals surface area contributed by atoms with Gasteiger partial charge in [0.15, 0.2) is 5.82 Å². The van der Waals surface area contributed by atoms with Crippen LogP contribution in [0.2, 0.25) is 0 Å². The number of rotatable bonds is 8. The van der Waals surface area contributed by atoms with Gasteiger partial charge in [-0.2, -0.15) is 0 Å². The van der Waals surface area contributed by atoms with E-state index in [1.807, 2.05) is 24.3 Å². The summed E-state index contributed by atoms with van der Waals surface area (Å²) in [7, 11) is 0. The topological polar surface area (TPSA) is 25.8 Å². The molecule has 0 amide bonds. The molecule has 2 heteroatoms. The number of benzene rings is 9. The summed E-state index contributed by atoms with van der Waals surface area (Å²) in [6.45, 7) is 4.69. The molecule has 2 nitrogen and oxygen atoms in total. The Labute approximate surface area is 369 Å². The summed E-state index contributed by atoms with van der Waals surface area (Å²) in [5.41, 5.74) is 22.0. The van der Waals surface area contributed by atoms with E-state index in [1.165, 1.54) is 72.3 Å². The van der Waals surface area contributed by atoms with Crippen LogP contribution in [0.5, 0.6) is 0 Å². The normalized spacial score (nSPS) is 12.4. The quantitative estimate of drug-likeness (QED) is 0.153. The van der Waals surface area contributed by atoms with Crippen molar-refractivity contribution in [1.82, 2.24) is 9.97 Å². The van der Waals surface area contributed by atoms with Gasteiger partial charge in [-0.1, -0.05) is 220 Å². The van der Waals surface area contributed by atoms with Crippen molar-refractivity contribution in [2.45, 2.75) is 19.3 Å². The molecule has 1 aliphatic rings. The Hall–Kier alpha value is -7.94. The number of aromatic nitrogens is 2. The zero-order chi connectivity index (χ0) is 42.3. The summed E-state index contributed by atoms with van der Waals surface area (Å²) in [5, 5.41) is 0. The van der Waals surface area contributed by atoms with Gasteiger partial charge in [-0.25, -0.2) is 9.97 Å². The Balaban J connectivity index is 1.06. The van der Waals surface area contributed by atoms with Gasteiger partial charge in [0.2, 0.25) is 0 Å². The molecule has 1 aromatic heterocycles. The molecule has 0 atom stereocenters. The number of nitrogens with zero attached hydrogens (tertiary/aromatic N) is 2. The summed E-state index contributed by atoms with van der Waals surface area (Å²) in [6.07, 6.45) is 0. The van der Waals surface area contributed by atoms with E-state index in [1.54, 1.807) is 0 Å². The highest BCUT2D eigenvalue weighted by molar-refractivity contribution is 5.99. The lowest BCUT2D eigenvalue weighted by Gasteiger charge is -2.22. The van der Waals surface area contributed by atoms with Crippen molar-refractivity contribution in [1.29, 1.82) is 0 Å². The monoisotopic (exact) mass is 804 g/mol. The third kappa shape index (κ3) is 7.06. The maximum atomic E-state index is 5.18. The minimum absolute atomic E-state index is 0.0647. The maximum Gasteiger partial charge on any atom is 0.160 e. The van der Waals surface area contributed by atoms with Crippen molar-refractivity contribution in [3.8, 4) is 101 Å². The molecule has 0 saturated carbocycles. The minimum Gasteiger partial charge on any atom is -0.228 e. The fourth-order valence-electron chi connectivity index (χ4n) is 9.44. The lowest BCUT2D eigenvalue weighted by molar-refractivity contribution is 0.660. The fraction of sp³-hybridized carbons (Fsp3) is 0.0492. The van der Waals surface area contributed by atoms with Crippen molar-refractivity contribution in [2.75, 3.05) is 0 Å². The van der Waals surface area contributed by atoms with Crippen LogP contribution in [0, 0.1) is 0 Å². The van der Waals surface area contributed by atoms with E-state index < -0.39 is 0 Å². The molecule has 0 spiro atoms. The lowest BCUT2D eigenvalue weighted by Crippen LogP contribution is -2.14. The molecule has 0 radical (unpaired) electrons. The highest BCUT2D eigenvalue weighted by Gasteiger charge is 2.35. The molecule has 0 aliphatic heterocycles. The lowest BCUT2D eigenvalue weighted by atomic mass is 9.81. The Bertz CT molecular complexity index is 3240. The number of hydrogen-bond donors (Lipinski definition) is 0. The Morgan fingerprint density at radius 1 is 0.270 bits per heavy atom. The van der Waals surface area contributed by atoms with Crippen LogP contribution in [0.25, 0.3) is 101 Å². The SMILES string of the molecule is CC1(C)c2ccccc2-c2cc(-c3cc(-c4ccccc4)cc(-c4ccc(-c5cc(-c6ccc(-c7ccccc7)cc6)nc(-c6ccccc6)n5)cc4)c3-c3ccccc3)ccc21. The first kappa shape index (κ1) is 38.0. The first-order valence-corrected chi connectivity index (χ1v) is 21.7. The molecule has 63 heavy (non-hydrogen) atoms. The number of fused-ring (bicyclic) bond motifs is 3. The Kier molecular flexibility index (Phi) is 9.55. The van der Waals surface area contributed by atoms with Crippen LogP contribution in [-0.2, 0) is 5.41 Å². The third-order valence-electron chi connectivity index (χ3n) is 12.7. The third-order valence-corrected chi connectivity index (χ3v) is 12.7. The molecule has 1 aliphatic carbocycles. The van der Waals surface area contributed by atoms with Crippen molar-refractivity contribution >= 4 is 0 Å². The maximum absolute atomic E-state index is 5.18. The molecule has 0 fully saturated rings. The summed E-state index contributed by atoms with van der Waals surface area (Å²) in [4.78, 5) is 10.3. The van der Waals surface area contributed by atoms with Crippen molar-refractivity contribution < 1.29 is 0 Å². The van der Waals surface area contributed by atoms with Crippen LogP contribution in [0.15, 0.2) is 231 Å². The summed E-state index contributed by atoms with van der Waals surface area (Å²) in [6, 6.07) is 82.9. The van der Waals surface area contributed by atoms with Gasteiger partial charge < -0.3 is 0 Å². The van der Waals surface area contributed by atoms with Crippen LogP contribution in [0.1, 0.15) is 25.0 Å². The smallest absolute Gasteiger partial charge is 0.160 e. The van der Waals surface area contributed by atoms with Gasteiger partial charge >= 0.3 is 0 Å². The average Bonchev–Trinajstić information content (AvgIpc) is 3.59. The van der Waals surface area contributed by atoms with E-state index in [0.29, 0.717) is 5.82 Å². The highest BCUT2D eigenvalue weighted by Crippen LogP contribution is 2.51. The van der Waals surface area contributed by atoms with Crippen LogP contribution in [-0.4, -0.2) is 9.97 Å². The molecule has 0 bridgehead atoms. The minimum atomic E-state index is -0.0647. The zero-order valence-electron chi connectivity index (χ0n) is 35.3.